The van der Waals surface area contributed by atoms with Crippen LogP contribution in [0.2, 0.25) is 0 Å². The Morgan fingerprint density at radius 3 is 2.36 bits per heavy atom. The summed E-state index contributed by atoms with van der Waals surface area (Å²) in [5, 5.41) is 0. The fraction of sp³-hybridized carbons (Fsp3) is 0.294. The monoisotopic (exact) mass is 381 g/mol. The van der Waals surface area contributed by atoms with Gasteiger partial charge in [-0.1, -0.05) is 37.1 Å². The minimum atomic E-state index is -3.56. The Balaban J connectivity index is 2.20. The molecule has 2 aromatic rings. The van der Waals surface area contributed by atoms with Crippen molar-refractivity contribution in [3.63, 3.8) is 0 Å². The summed E-state index contributed by atoms with van der Waals surface area (Å²) in [5.74, 6) is 0. The molecule has 0 aliphatic carbocycles. The molecule has 3 nitrogen and oxygen atoms in total. The third-order valence-corrected chi connectivity index (χ3v) is 5.47. The molecule has 118 valence electrons. The number of anilines is 1. The average molecular weight is 382 g/mol. The summed E-state index contributed by atoms with van der Waals surface area (Å²) in [4.78, 5) is 0.264. The normalized spacial score (nSPS) is 11.4. The molecule has 0 saturated heterocycles. The largest absolute Gasteiger partial charge is 0.278 e. The second kappa shape index (κ2) is 7.29. The predicted octanol–water partition coefficient (Wildman–Crippen LogP) is 4.90. The van der Waals surface area contributed by atoms with Gasteiger partial charge >= 0.3 is 0 Å². The Hall–Kier alpha value is -1.33. The van der Waals surface area contributed by atoms with Gasteiger partial charge in [-0.2, -0.15) is 0 Å². The van der Waals surface area contributed by atoms with E-state index in [-0.39, 0.29) is 4.90 Å². The summed E-state index contributed by atoms with van der Waals surface area (Å²) in [5.41, 5.74) is 2.79. The number of rotatable bonds is 6. The van der Waals surface area contributed by atoms with Gasteiger partial charge in [-0.05, 0) is 65.5 Å². The van der Waals surface area contributed by atoms with Crippen molar-refractivity contribution in [2.45, 2.75) is 38.0 Å². The van der Waals surface area contributed by atoms with Gasteiger partial charge in [-0.15, -0.1) is 0 Å². The highest BCUT2D eigenvalue weighted by molar-refractivity contribution is 9.10. The lowest BCUT2D eigenvalue weighted by Gasteiger charge is -2.11. The van der Waals surface area contributed by atoms with Crippen molar-refractivity contribution < 1.29 is 8.42 Å². The molecule has 2 aromatic carbocycles. The fourth-order valence-electron chi connectivity index (χ4n) is 2.10. The third kappa shape index (κ3) is 4.34. The number of unbranched alkanes of at least 4 members (excludes halogenated alkanes) is 1. The van der Waals surface area contributed by atoms with E-state index in [4.69, 9.17) is 0 Å². The molecular formula is C17H20BrNO2S. The number of sulfonamides is 1. The summed E-state index contributed by atoms with van der Waals surface area (Å²) < 4.78 is 28.2. The van der Waals surface area contributed by atoms with Gasteiger partial charge in [-0.25, -0.2) is 8.42 Å². The molecule has 0 saturated carbocycles. The standard InChI is InChI=1S/C17H20BrNO2S/c1-3-4-5-14-8-11-17(16(18)12-14)19-22(20,21)15-9-6-13(2)7-10-15/h6-12,19H,3-5H2,1-2H3. The van der Waals surface area contributed by atoms with E-state index in [2.05, 4.69) is 27.6 Å². The van der Waals surface area contributed by atoms with E-state index in [0.29, 0.717) is 5.69 Å². The van der Waals surface area contributed by atoms with E-state index in [0.717, 1.165) is 29.3 Å². The predicted molar refractivity (Wildman–Crippen MR) is 94.7 cm³/mol. The molecule has 0 amide bonds. The minimum Gasteiger partial charge on any atom is -0.278 e. The molecule has 0 heterocycles. The van der Waals surface area contributed by atoms with Crippen molar-refractivity contribution in [2.75, 3.05) is 4.72 Å². The lowest BCUT2D eigenvalue weighted by atomic mass is 10.1. The molecule has 0 spiro atoms. The van der Waals surface area contributed by atoms with E-state index in [9.17, 15) is 8.42 Å². The van der Waals surface area contributed by atoms with Gasteiger partial charge < -0.3 is 0 Å². The van der Waals surface area contributed by atoms with Crippen LogP contribution in [0.1, 0.15) is 30.9 Å². The van der Waals surface area contributed by atoms with E-state index in [1.165, 1.54) is 5.56 Å². The lowest BCUT2D eigenvalue weighted by molar-refractivity contribution is 0.601. The number of hydrogen-bond acceptors (Lipinski definition) is 2. The Bertz CT molecular complexity index is 740. The van der Waals surface area contributed by atoms with Crippen LogP contribution in [-0.4, -0.2) is 8.42 Å². The first-order chi connectivity index (χ1) is 10.4. The van der Waals surface area contributed by atoms with Crippen LogP contribution in [0.25, 0.3) is 0 Å². The molecule has 5 heteroatoms. The molecule has 22 heavy (non-hydrogen) atoms. The zero-order valence-corrected chi connectivity index (χ0v) is 15.2. The van der Waals surface area contributed by atoms with Crippen LogP contribution in [0.5, 0.6) is 0 Å². The molecule has 0 aliphatic heterocycles. The van der Waals surface area contributed by atoms with E-state index >= 15 is 0 Å². The van der Waals surface area contributed by atoms with Crippen LogP contribution in [0, 0.1) is 6.92 Å². The molecule has 0 unspecified atom stereocenters. The topological polar surface area (TPSA) is 46.2 Å². The Labute approximate surface area is 140 Å². The molecule has 0 aromatic heterocycles. The summed E-state index contributed by atoms with van der Waals surface area (Å²) in [6.07, 6.45) is 3.26. The van der Waals surface area contributed by atoms with E-state index in [1.54, 1.807) is 30.3 Å². The van der Waals surface area contributed by atoms with Gasteiger partial charge in [0.15, 0.2) is 0 Å². The number of benzene rings is 2. The quantitative estimate of drug-likeness (QED) is 0.772. The highest BCUT2D eigenvalue weighted by atomic mass is 79.9. The molecule has 2 rings (SSSR count). The van der Waals surface area contributed by atoms with E-state index in [1.807, 2.05) is 19.1 Å². The highest BCUT2D eigenvalue weighted by Crippen LogP contribution is 2.27. The van der Waals surface area contributed by atoms with Crippen molar-refractivity contribution in [1.29, 1.82) is 0 Å². The van der Waals surface area contributed by atoms with Crippen LogP contribution in [0.3, 0.4) is 0 Å². The van der Waals surface area contributed by atoms with Gasteiger partial charge in [0.1, 0.15) is 0 Å². The average Bonchev–Trinajstić information content (AvgIpc) is 2.48. The number of nitrogens with one attached hydrogen (secondary N) is 1. The Morgan fingerprint density at radius 2 is 1.77 bits per heavy atom. The van der Waals surface area contributed by atoms with Crippen LogP contribution in [-0.2, 0) is 16.4 Å². The van der Waals surface area contributed by atoms with Gasteiger partial charge in [0, 0.05) is 4.47 Å². The number of hydrogen-bond donors (Lipinski definition) is 1. The molecule has 1 N–H and O–H groups in total. The van der Waals surface area contributed by atoms with Crippen molar-refractivity contribution >= 4 is 31.6 Å². The Morgan fingerprint density at radius 1 is 1.09 bits per heavy atom. The van der Waals surface area contributed by atoms with Crippen LogP contribution in [0.15, 0.2) is 51.8 Å². The first-order valence-electron chi connectivity index (χ1n) is 7.30. The van der Waals surface area contributed by atoms with E-state index < -0.39 is 10.0 Å². The summed E-state index contributed by atoms with van der Waals surface area (Å²) in [6.45, 7) is 4.08. The number of halogens is 1. The Kier molecular flexibility index (Phi) is 5.64. The maximum atomic E-state index is 12.4. The van der Waals surface area contributed by atoms with Gasteiger partial charge in [0.2, 0.25) is 0 Å². The SMILES string of the molecule is CCCCc1ccc(NS(=O)(=O)c2ccc(C)cc2)c(Br)c1. The zero-order chi connectivity index (χ0) is 16.2. The van der Waals surface area contributed by atoms with Crippen LogP contribution in [0.4, 0.5) is 5.69 Å². The van der Waals surface area contributed by atoms with Crippen LogP contribution < -0.4 is 4.72 Å². The van der Waals surface area contributed by atoms with Crippen molar-refractivity contribution in [3.05, 3.63) is 58.1 Å². The number of aryl methyl sites for hydroxylation is 2. The molecule has 0 radical (unpaired) electrons. The first-order valence-corrected chi connectivity index (χ1v) is 9.58. The van der Waals surface area contributed by atoms with Gasteiger partial charge in [0.05, 0.1) is 10.6 Å². The van der Waals surface area contributed by atoms with Gasteiger partial charge in [-0.3, -0.25) is 4.72 Å². The maximum absolute atomic E-state index is 12.4. The second-order valence-corrected chi connectivity index (χ2v) is 7.87. The molecule has 0 atom stereocenters. The summed E-state index contributed by atoms with van der Waals surface area (Å²) in [6, 6.07) is 12.5. The molecule has 0 aliphatic rings. The highest BCUT2D eigenvalue weighted by Gasteiger charge is 2.15. The zero-order valence-electron chi connectivity index (χ0n) is 12.8. The minimum absolute atomic E-state index is 0.264. The first kappa shape index (κ1) is 17.0. The second-order valence-electron chi connectivity index (χ2n) is 5.34. The maximum Gasteiger partial charge on any atom is 0.261 e. The van der Waals surface area contributed by atoms with Crippen molar-refractivity contribution in [1.82, 2.24) is 0 Å². The molecule has 0 fully saturated rings. The van der Waals surface area contributed by atoms with Crippen LogP contribution >= 0.6 is 15.9 Å². The van der Waals surface area contributed by atoms with Crippen molar-refractivity contribution in [3.8, 4) is 0 Å². The van der Waals surface area contributed by atoms with Gasteiger partial charge in [0.25, 0.3) is 10.0 Å². The van der Waals surface area contributed by atoms with Crippen molar-refractivity contribution in [2.24, 2.45) is 0 Å². The smallest absolute Gasteiger partial charge is 0.261 e. The molecular weight excluding hydrogens is 362 g/mol. The summed E-state index contributed by atoms with van der Waals surface area (Å²) in [7, 11) is -3.56. The fourth-order valence-corrected chi connectivity index (χ4v) is 3.84. The third-order valence-electron chi connectivity index (χ3n) is 3.43. The molecule has 0 bridgehead atoms. The summed E-state index contributed by atoms with van der Waals surface area (Å²) >= 11 is 3.45. The lowest BCUT2D eigenvalue weighted by Crippen LogP contribution is -2.13.